The van der Waals surface area contributed by atoms with Crippen LogP contribution in [0.5, 0.6) is 0 Å². The molecule has 0 spiro atoms. The van der Waals surface area contributed by atoms with Crippen molar-refractivity contribution in [3.63, 3.8) is 0 Å². The molecule has 0 saturated heterocycles. The SMILES string of the molecule is Cc1cc(N)ccc1-n1sc2ccccc2c1=O. The van der Waals surface area contributed by atoms with Gasteiger partial charge in [0.15, 0.2) is 0 Å². The van der Waals surface area contributed by atoms with Crippen molar-refractivity contribution in [2.45, 2.75) is 6.92 Å². The van der Waals surface area contributed by atoms with Crippen molar-refractivity contribution in [2.75, 3.05) is 5.73 Å². The lowest BCUT2D eigenvalue weighted by Crippen LogP contribution is -2.11. The molecule has 0 aliphatic rings. The third-order valence-corrected chi connectivity index (χ3v) is 4.03. The fourth-order valence-electron chi connectivity index (χ4n) is 2.04. The Morgan fingerprint density at radius 3 is 2.67 bits per heavy atom. The molecule has 1 aromatic heterocycles. The predicted molar refractivity (Wildman–Crippen MR) is 76.6 cm³/mol. The Labute approximate surface area is 108 Å². The molecule has 3 aromatic rings. The summed E-state index contributed by atoms with van der Waals surface area (Å²) in [4.78, 5) is 12.3. The lowest BCUT2D eigenvalue weighted by molar-refractivity contribution is 1.12. The van der Waals surface area contributed by atoms with Crippen LogP contribution < -0.4 is 11.3 Å². The highest BCUT2D eigenvalue weighted by Gasteiger charge is 2.10. The minimum Gasteiger partial charge on any atom is -0.399 e. The largest absolute Gasteiger partial charge is 0.399 e. The molecule has 0 aliphatic heterocycles. The Bertz CT molecular complexity index is 786. The molecule has 0 radical (unpaired) electrons. The Kier molecular flexibility index (Phi) is 2.45. The number of aryl methyl sites for hydroxylation is 1. The number of rotatable bonds is 1. The molecule has 0 amide bonds. The van der Waals surface area contributed by atoms with Gasteiger partial charge in [-0.3, -0.25) is 4.79 Å². The normalized spacial score (nSPS) is 10.9. The molecule has 3 nitrogen and oxygen atoms in total. The lowest BCUT2D eigenvalue weighted by atomic mass is 10.2. The van der Waals surface area contributed by atoms with Crippen LogP contribution in [-0.2, 0) is 0 Å². The number of anilines is 1. The fraction of sp³-hybridized carbons (Fsp3) is 0.0714. The second-order valence-corrected chi connectivity index (χ2v) is 5.22. The summed E-state index contributed by atoms with van der Waals surface area (Å²) in [6.45, 7) is 1.96. The van der Waals surface area contributed by atoms with Gasteiger partial charge in [0.2, 0.25) is 0 Å². The number of nitrogens with two attached hydrogens (primary N) is 1. The van der Waals surface area contributed by atoms with E-state index in [1.807, 2.05) is 49.4 Å². The molecule has 18 heavy (non-hydrogen) atoms. The van der Waals surface area contributed by atoms with Crippen LogP contribution in [0.1, 0.15) is 5.56 Å². The van der Waals surface area contributed by atoms with Crippen LogP contribution in [0.4, 0.5) is 5.69 Å². The average molecular weight is 256 g/mol. The maximum atomic E-state index is 12.3. The van der Waals surface area contributed by atoms with E-state index in [0.29, 0.717) is 5.69 Å². The first kappa shape index (κ1) is 11.0. The van der Waals surface area contributed by atoms with E-state index >= 15 is 0 Å². The lowest BCUT2D eigenvalue weighted by Gasteiger charge is -2.05. The fourth-order valence-corrected chi connectivity index (χ4v) is 3.11. The maximum absolute atomic E-state index is 12.3. The molecule has 3 rings (SSSR count). The van der Waals surface area contributed by atoms with Crippen molar-refractivity contribution in [3.8, 4) is 5.69 Å². The average Bonchev–Trinajstić information content (AvgIpc) is 2.68. The van der Waals surface area contributed by atoms with Crippen LogP contribution in [0.3, 0.4) is 0 Å². The standard InChI is InChI=1S/C14H12N2OS/c1-9-8-10(15)6-7-12(9)16-14(17)11-4-2-3-5-13(11)18-16/h2-8H,15H2,1H3. The van der Waals surface area contributed by atoms with E-state index in [2.05, 4.69) is 0 Å². The quantitative estimate of drug-likeness (QED) is 0.680. The number of nitrogens with zero attached hydrogens (tertiary/aromatic N) is 1. The zero-order chi connectivity index (χ0) is 12.7. The van der Waals surface area contributed by atoms with E-state index in [-0.39, 0.29) is 5.56 Å². The zero-order valence-corrected chi connectivity index (χ0v) is 10.7. The molecular formula is C14H12N2OS. The molecule has 0 unspecified atom stereocenters. The van der Waals surface area contributed by atoms with Gasteiger partial charge in [-0.25, -0.2) is 3.96 Å². The molecule has 2 N–H and O–H groups in total. The molecule has 0 bridgehead atoms. The zero-order valence-electron chi connectivity index (χ0n) is 9.88. The van der Waals surface area contributed by atoms with E-state index in [1.54, 1.807) is 3.96 Å². The molecule has 2 aromatic carbocycles. The van der Waals surface area contributed by atoms with Crippen LogP contribution >= 0.6 is 11.5 Å². The minimum absolute atomic E-state index is 0.0310. The monoisotopic (exact) mass is 256 g/mol. The van der Waals surface area contributed by atoms with E-state index in [1.165, 1.54) is 11.5 Å². The molecule has 1 heterocycles. The highest BCUT2D eigenvalue weighted by molar-refractivity contribution is 7.14. The summed E-state index contributed by atoms with van der Waals surface area (Å²) in [5.41, 5.74) is 8.38. The number of aromatic nitrogens is 1. The number of nitrogen functional groups attached to an aromatic ring is 1. The summed E-state index contributed by atoms with van der Waals surface area (Å²) in [6, 6.07) is 13.2. The first-order chi connectivity index (χ1) is 8.66. The smallest absolute Gasteiger partial charge is 0.273 e. The van der Waals surface area contributed by atoms with Gasteiger partial charge in [0.05, 0.1) is 15.8 Å². The first-order valence-corrected chi connectivity index (χ1v) is 6.42. The van der Waals surface area contributed by atoms with Gasteiger partial charge < -0.3 is 5.73 Å². The van der Waals surface area contributed by atoms with Gasteiger partial charge in [-0.2, -0.15) is 0 Å². The van der Waals surface area contributed by atoms with Crippen molar-refractivity contribution in [2.24, 2.45) is 0 Å². The van der Waals surface area contributed by atoms with Gasteiger partial charge in [0, 0.05) is 5.69 Å². The summed E-state index contributed by atoms with van der Waals surface area (Å²) < 4.78 is 2.72. The molecule has 4 heteroatoms. The van der Waals surface area contributed by atoms with Crippen LogP contribution in [0, 0.1) is 6.92 Å². The van der Waals surface area contributed by atoms with E-state index in [0.717, 1.165) is 21.3 Å². The minimum atomic E-state index is 0.0310. The van der Waals surface area contributed by atoms with Crippen molar-refractivity contribution >= 4 is 27.3 Å². The highest BCUT2D eigenvalue weighted by atomic mass is 32.1. The van der Waals surface area contributed by atoms with Crippen LogP contribution in [0.2, 0.25) is 0 Å². The van der Waals surface area contributed by atoms with Gasteiger partial charge in [-0.1, -0.05) is 23.7 Å². The predicted octanol–water partition coefficient (Wildman–Crippen LogP) is 2.94. The molecule has 0 atom stereocenters. The van der Waals surface area contributed by atoms with Gasteiger partial charge >= 0.3 is 0 Å². The number of hydrogen-bond donors (Lipinski definition) is 1. The van der Waals surface area contributed by atoms with E-state index in [4.69, 9.17) is 5.73 Å². The molecule has 90 valence electrons. The third kappa shape index (κ3) is 1.62. The summed E-state index contributed by atoms with van der Waals surface area (Å²) in [5.74, 6) is 0. The summed E-state index contributed by atoms with van der Waals surface area (Å²) in [5, 5.41) is 0.763. The summed E-state index contributed by atoms with van der Waals surface area (Å²) >= 11 is 1.46. The topological polar surface area (TPSA) is 48.0 Å². The number of benzene rings is 2. The van der Waals surface area contributed by atoms with Gasteiger partial charge in [-0.15, -0.1) is 0 Å². The number of hydrogen-bond acceptors (Lipinski definition) is 3. The van der Waals surface area contributed by atoms with Crippen molar-refractivity contribution < 1.29 is 0 Å². The van der Waals surface area contributed by atoms with Crippen molar-refractivity contribution in [1.82, 2.24) is 3.96 Å². The summed E-state index contributed by atoms with van der Waals surface area (Å²) in [6.07, 6.45) is 0. The van der Waals surface area contributed by atoms with Crippen molar-refractivity contribution in [3.05, 3.63) is 58.4 Å². The Hall–Kier alpha value is -2.07. The maximum Gasteiger partial charge on any atom is 0.273 e. The van der Waals surface area contributed by atoms with Gasteiger partial charge in [0.1, 0.15) is 0 Å². The van der Waals surface area contributed by atoms with Gasteiger partial charge in [0.25, 0.3) is 5.56 Å². The molecule has 0 aliphatic carbocycles. The second kappa shape index (κ2) is 3.99. The molecular weight excluding hydrogens is 244 g/mol. The van der Waals surface area contributed by atoms with Gasteiger partial charge in [-0.05, 0) is 42.8 Å². The van der Waals surface area contributed by atoms with E-state index < -0.39 is 0 Å². The highest BCUT2D eigenvalue weighted by Crippen LogP contribution is 2.22. The molecule has 0 saturated carbocycles. The number of fused-ring (bicyclic) bond motifs is 1. The van der Waals surface area contributed by atoms with Crippen LogP contribution in [0.15, 0.2) is 47.3 Å². The Balaban J connectivity index is 2.32. The Morgan fingerprint density at radius 2 is 1.94 bits per heavy atom. The first-order valence-electron chi connectivity index (χ1n) is 5.64. The molecule has 0 fully saturated rings. The van der Waals surface area contributed by atoms with Crippen LogP contribution in [-0.4, -0.2) is 3.96 Å². The van der Waals surface area contributed by atoms with Crippen LogP contribution in [0.25, 0.3) is 15.8 Å². The third-order valence-electron chi connectivity index (χ3n) is 2.93. The second-order valence-electron chi connectivity index (χ2n) is 4.23. The van der Waals surface area contributed by atoms with E-state index in [9.17, 15) is 4.79 Å². The van der Waals surface area contributed by atoms with Crippen molar-refractivity contribution in [1.29, 1.82) is 0 Å². The Morgan fingerprint density at radius 1 is 1.17 bits per heavy atom. The summed E-state index contributed by atoms with van der Waals surface area (Å²) in [7, 11) is 0.